The minimum atomic E-state index is 0.415. The maximum Gasteiger partial charge on any atom is 0.151 e. The van der Waals surface area contributed by atoms with Gasteiger partial charge in [-0.25, -0.2) is 4.98 Å². The van der Waals surface area contributed by atoms with E-state index in [1.165, 1.54) is 0 Å². The molecule has 0 aliphatic carbocycles. The molecule has 5 aromatic rings. The number of ether oxygens (including phenoxy) is 1. The highest BCUT2D eigenvalue weighted by Gasteiger charge is 2.25. The summed E-state index contributed by atoms with van der Waals surface area (Å²) in [6, 6.07) is 38.9. The summed E-state index contributed by atoms with van der Waals surface area (Å²) >= 11 is 0. The van der Waals surface area contributed by atoms with Crippen LogP contribution in [0.25, 0.3) is 22.3 Å². The number of pyridine rings is 1. The van der Waals surface area contributed by atoms with Crippen molar-refractivity contribution in [1.82, 2.24) is 4.98 Å². The van der Waals surface area contributed by atoms with Crippen molar-refractivity contribution in [1.29, 1.82) is 5.26 Å². The smallest absolute Gasteiger partial charge is 0.151 e. The summed E-state index contributed by atoms with van der Waals surface area (Å²) in [5.41, 5.74) is 7.76. The van der Waals surface area contributed by atoms with Crippen LogP contribution in [0.4, 0.5) is 17.1 Å². The maximum atomic E-state index is 9.02. The van der Waals surface area contributed by atoms with Gasteiger partial charge in [-0.2, -0.15) is 5.26 Å². The average Bonchev–Trinajstić information content (AvgIpc) is 2.92. The lowest BCUT2D eigenvalue weighted by molar-refractivity contribution is 0.477. The van der Waals surface area contributed by atoms with E-state index >= 15 is 0 Å². The molecule has 0 spiro atoms. The summed E-state index contributed by atoms with van der Waals surface area (Å²) in [6.45, 7) is 0. The molecule has 0 fully saturated rings. The zero-order chi connectivity index (χ0) is 22.9. The van der Waals surface area contributed by atoms with Crippen LogP contribution in [0.15, 0.2) is 115 Å². The van der Waals surface area contributed by atoms with Crippen LogP contribution in [0, 0.1) is 11.3 Å². The number of hydrogen-bond donors (Lipinski definition) is 0. The molecule has 1 aliphatic heterocycles. The fourth-order valence-corrected chi connectivity index (χ4v) is 4.32. The van der Waals surface area contributed by atoms with E-state index < -0.39 is 0 Å². The average molecular weight is 438 g/mol. The van der Waals surface area contributed by atoms with E-state index in [2.05, 4.69) is 76.6 Å². The molecule has 1 aromatic heterocycles. The summed E-state index contributed by atoms with van der Waals surface area (Å²) in [6.07, 6.45) is 1.75. The van der Waals surface area contributed by atoms with Crippen molar-refractivity contribution in [3.63, 3.8) is 0 Å². The first-order valence-corrected chi connectivity index (χ1v) is 11.0. The Morgan fingerprint density at radius 2 is 1.24 bits per heavy atom. The van der Waals surface area contributed by atoms with E-state index in [0.717, 1.165) is 50.8 Å². The van der Waals surface area contributed by atoms with Gasteiger partial charge in [0.25, 0.3) is 0 Å². The molecule has 0 radical (unpaired) electrons. The maximum absolute atomic E-state index is 9.02. The molecule has 0 N–H and O–H groups in total. The predicted octanol–water partition coefficient (Wildman–Crippen LogP) is 7.86. The zero-order valence-electron chi connectivity index (χ0n) is 18.2. The van der Waals surface area contributed by atoms with Gasteiger partial charge in [0.05, 0.1) is 11.4 Å². The Balaban J connectivity index is 1.43. The summed E-state index contributed by atoms with van der Waals surface area (Å²) in [7, 11) is 0. The van der Waals surface area contributed by atoms with E-state index in [4.69, 9.17) is 10.00 Å². The number of nitriles is 1. The molecule has 4 heteroatoms. The van der Waals surface area contributed by atoms with Crippen molar-refractivity contribution >= 4 is 17.1 Å². The molecule has 0 bridgehead atoms. The highest BCUT2D eigenvalue weighted by Crippen LogP contribution is 2.50. The molecule has 0 saturated heterocycles. The van der Waals surface area contributed by atoms with Crippen LogP contribution < -0.4 is 9.64 Å². The molecular weight excluding hydrogens is 418 g/mol. The monoisotopic (exact) mass is 437 g/mol. The van der Waals surface area contributed by atoms with Gasteiger partial charge in [-0.05, 0) is 71.3 Å². The molecule has 0 unspecified atom stereocenters. The Labute approximate surface area is 198 Å². The third kappa shape index (κ3) is 3.46. The summed E-state index contributed by atoms with van der Waals surface area (Å²) < 4.78 is 6.16. The third-order valence-corrected chi connectivity index (χ3v) is 5.94. The molecule has 6 rings (SSSR count). The van der Waals surface area contributed by atoms with E-state index in [0.29, 0.717) is 5.69 Å². The van der Waals surface area contributed by atoms with Gasteiger partial charge in [-0.3, -0.25) is 0 Å². The largest absolute Gasteiger partial charge is 0.453 e. The second-order valence-corrected chi connectivity index (χ2v) is 8.05. The van der Waals surface area contributed by atoms with Gasteiger partial charge in [0.2, 0.25) is 0 Å². The summed E-state index contributed by atoms with van der Waals surface area (Å²) in [5.74, 6) is 1.67. The van der Waals surface area contributed by atoms with Gasteiger partial charge >= 0.3 is 0 Å². The molecule has 4 nitrogen and oxygen atoms in total. The van der Waals surface area contributed by atoms with Gasteiger partial charge in [0, 0.05) is 17.4 Å². The number of aromatic nitrogens is 1. The molecule has 1 aliphatic rings. The number of anilines is 3. The summed E-state index contributed by atoms with van der Waals surface area (Å²) in [4.78, 5) is 6.46. The van der Waals surface area contributed by atoms with Crippen LogP contribution in [0.1, 0.15) is 5.69 Å². The van der Waals surface area contributed by atoms with Crippen molar-refractivity contribution in [2.45, 2.75) is 0 Å². The van der Waals surface area contributed by atoms with Crippen LogP contribution in [-0.4, -0.2) is 4.98 Å². The Hall–Kier alpha value is -4.88. The minimum absolute atomic E-state index is 0.415. The first kappa shape index (κ1) is 19.8. The van der Waals surface area contributed by atoms with Crippen LogP contribution in [0.3, 0.4) is 0 Å². The normalized spacial score (nSPS) is 11.7. The Morgan fingerprint density at radius 1 is 0.618 bits per heavy atom. The van der Waals surface area contributed by atoms with Crippen molar-refractivity contribution in [2.24, 2.45) is 0 Å². The molecule has 160 valence electrons. The second kappa shape index (κ2) is 8.23. The molecule has 34 heavy (non-hydrogen) atoms. The SMILES string of the molecule is N#Cc1ccc(-c2cccc(-c3cccc(N4c5ccccc5Oc5ccccc54)c3)c2)cn1. The van der Waals surface area contributed by atoms with Gasteiger partial charge < -0.3 is 9.64 Å². The van der Waals surface area contributed by atoms with Gasteiger partial charge in [0.15, 0.2) is 11.5 Å². The standard InChI is InChI=1S/C30H19N3O/c31-19-25-16-15-24(20-32-25)22-8-5-7-21(17-22)23-9-6-10-26(18-23)33-27-11-1-3-13-29(27)34-30-14-4-2-12-28(30)33/h1-18,20H. The van der Waals surface area contributed by atoms with Crippen molar-refractivity contribution < 1.29 is 4.74 Å². The number of hydrogen-bond acceptors (Lipinski definition) is 4. The van der Waals surface area contributed by atoms with Gasteiger partial charge in [-0.15, -0.1) is 0 Å². The number of rotatable bonds is 3. The summed E-state index contributed by atoms with van der Waals surface area (Å²) in [5, 5.41) is 9.02. The van der Waals surface area contributed by atoms with Crippen LogP contribution in [0.2, 0.25) is 0 Å². The Morgan fingerprint density at radius 3 is 1.88 bits per heavy atom. The van der Waals surface area contributed by atoms with Crippen LogP contribution in [0.5, 0.6) is 11.5 Å². The number of nitrogens with zero attached hydrogens (tertiary/aromatic N) is 3. The first-order chi connectivity index (χ1) is 16.8. The fraction of sp³-hybridized carbons (Fsp3) is 0. The Kier molecular flexibility index (Phi) is 4.79. The van der Waals surface area contributed by atoms with Crippen molar-refractivity contribution in [2.75, 3.05) is 4.90 Å². The number of para-hydroxylation sites is 4. The van der Waals surface area contributed by atoms with E-state index in [-0.39, 0.29) is 0 Å². The lowest BCUT2D eigenvalue weighted by atomic mass is 9.99. The predicted molar refractivity (Wildman–Crippen MR) is 135 cm³/mol. The van der Waals surface area contributed by atoms with Gasteiger partial charge in [0.1, 0.15) is 11.8 Å². The highest BCUT2D eigenvalue weighted by atomic mass is 16.5. The topological polar surface area (TPSA) is 49.2 Å². The quantitative estimate of drug-likeness (QED) is 0.283. The lowest BCUT2D eigenvalue weighted by Crippen LogP contribution is -2.15. The first-order valence-electron chi connectivity index (χ1n) is 11.0. The number of fused-ring (bicyclic) bond motifs is 2. The van der Waals surface area contributed by atoms with Gasteiger partial charge in [-0.1, -0.05) is 54.6 Å². The molecule has 4 aromatic carbocycles. The number of benzene rings is 4. The van der Waals surface area contributed by atoms with E-state index in [9.17, 15) is 0 Å². The highest BCUT2D eigenvalue weighted by molar-refractivity contribution is 5.87. The van der Waals surface area contributed by atoms with E-state index in [1.54, 1.807) is 12.3 Å². The minimum Gasteiger partial charge on any atom is -0.453 e. The lowest BCUT2D eigenvalue weighted by Gasteiger charge is -2.33. The van der Waals surface area contributed by atoms with Crippen molar-refractivity contribution in [3.05, 3.63) is 121 Å². The van der Waals surface area contributed by atoms with Crippen molar-refractivity contribution in [3.8, 4) is 39.8 Å². The molecule has 2 heterocycles. The Bertz CT molecular complexity index is 1500. The molecule has 0 saturated carbocycles. The fourth-order valence-electron chi connectivity index (χ4n) is 4.32. The van der Waals surface area contributed by atoms with Crippen LogP contribution in [-0.2, 0) is 0 Å². The second-order valence-electron chi connectivity index (χ2n) is 8.05. The molecular formula is C30H19N3O. The zero-order valence-corrected chi connectivity index (χ0v) is 18.2. The third-order valence-electron chi connectivity index (χ3n) is 5.94. The molecule has 0 atom stereocenters. The molecule has 0 amide bonds. The van der Waals surface area contributed by atoms with Crippen LogP contribution >= 0.6 is 0 Å². The van der Waals surface area contributed by atoms with E-state index in [1.807, 2.05) is 42.5 Å².